The monoisotopic (exact) mass is 460 g/mol. The van der Waals surface area contributed by atoms with Crippen LogP contribution in [0.1, 0.15) is 34.5 Å². The summed E-state index contributed by atoms with van der Waals surface area (Å²) in [5.74, 6) is -1.22. The minimum atomic E-state index is -4.67. The molecule has 0 saturated carbocycles. The number of carbonyl (C=O) groups excluding carboxylic acids is 2. The van der Waals surface area contributed by atoms with Gasteiger partial charge in [-0.3, -0.25) is 9.59 Å². The highest BCUT2D eigenvalue weighted by Crippen LogP contribution is 2.47. The minimum absolute atomic E-state index is 0.155. The summed E-state index contributed by atoms with van der Waals surface area (Å²) in [4.78, 5) is 32.5. The molecule has 3 heterocycles. The number of likely N-dealkylation sites (tertiary alicyclic amines) is 1. The van der Waals surface area contributed by atoms with Crippen LogP contribution in [-0.2, 0) is 18.0 Å². The van der Waals surface area contributed by atoms with Crippen molar-refractivity contribution in [2.24, 2.45) is 24.1 Å². The number of amides is 2. The molecule has 2 amide bonds. The van der Waals surface area contributed by atoms with E-state index in [1.165, 1.54) is 12.3 Å². The van der Waals surface area contributed by atoms with E-state index in [1.807, 2.05) is 0 Å². The van der Waals surface area contributed by atoms with Gasteiger partial charge in [0.15, 0.2) is 0 Å². The smallest absolute Gasteiger partial charge is 0.370 e. The van der Waals surface area contributed by atoms with Gasteiger partial charge < -0.3 is 20.1 Å². The Bertz CT molecular complexity index is 1130. The highest BCUT2D eigenvalue weighted by atomic mass is 19.4. The zero-order chi connectivity index (χ0) is 24.0. The van der Waals surface area contributed by atoms with Gasteiger partial charge in [-0.1, -0.05) is 0 Å². The molecule has 4 rings (SSSR count). The number of piperidine rings is 1. The number of nitrogens with zero attached hydrogens (tertiary/aromatic N) is 5. The summed E-state index contributed by atoms with van der Waals surface area (Å²) in [5, 5.41) is 9.04. The van der Waals surface area contributed by atoms with Crippen LogP contribution < -0.4 is 10.6 Å². The molecule has 2 fully saturated rings. The van der Waals surface area contributed by atoms with Crippen molar-refractivity contribution in [3.63, 3.8) is 0 Å². The van der Waals surface area contributed by atoms with Crippen LogP contribution in [0.15, 0.2) is 30.7 Å². The second-order valence-corrected chi connectivity index (χ2v) is 8.72. The quantitative estimate of drug-likeness (QED) is 0.755. The first-order valence-corrected chi connectivity index (χ1v) is 10.5. The van der Waals surface area contributed by atoms with Crippen LogP contribution in [0.4, 0.5) is 18.9 Å². The van der Waals surface area contributed by atoms with Crippen LogP contribution in [0.2, 0.25) is 0 Å². The minimum Gasteiger partial charge on any atom is -0.370 e. The maximum Gasteiger partial charge on any atom is 0.417 e. The molecule has 1 unspecified atom stereocenters. The van der Waals surface area contributed by atoms with Crippen molar-refractivity contribution in [3.05, 3.63) is 47.5 Å². The molecule has 11 heteroatoms. The number of nitriles is 1. The number of hydrogen-bond acceptors (Lipinski definition) is 5. The lowest BCUT2D eigenvalue weighted by Crippen LogP contribution is -2.49. The Morgan fingerprint density at radius 2 is 1.97 bits per heavy atom. The number of carbonyl (C=O) groups is 2. The van der Waals surface area contributed by atoms with Gasteiger partial charge in [-0.25, -0.2) is 4.98 Å². The van der Waals surface area contributed by atoms with Gasteiger partial charge in [0, 0.05) is 44.3 Å². The van der Waals surface area contributed by atoms with E-state index in [-0.39, 0.29) is 18.1 Å². The first-order chi connectivity index (χ1) is 15.6. The molecule has 33 heavy (non-hydrogen) atoms. The number of alkyl halides is 3. The summed E-state index contributed by atoms with van der Waals surface area (Å²) >= 11 is 0. The Labute approximate surface area is 188 Å². The fraction of sp³-hybridized carbons (Fsp3) is 0.455. The van der Waals surface area contributed by atoms with Crippen LogP contribution in [0.5, 0.6) is 0 Å². The SMILES string of the molecule is Cn1cncc1C(=O)N1CCC2(CC1)CN(c1ccc(C#N)c(C(F)(F)F)c1)CC2C(N)=O. The van der Waals surface area contributed by atoms with Crippen molar-refractivity contribution in [1.82, 2.24) is 14.5 Å². The molecule has 2 aliphatic heterocycles. The lowest BCUT2D eigenvalue weighted by Gasteiger charge is -2.41. The summed E-state index contributed by atoms with van der Waals surface area (Å²) in [5.41, 5.74) is 4.45. The Kier molecular flexibility index (Phi) is 5.56. The Morgan fingerprint density at radius 1 is 1.27 bits per heavy atom. The van der Waals surface area contributed by atoms with E-state index in [9.17, 15) is 22.8 Å². The van der Waals surface area contributed by atoms with Gasteiger partial charge in [0.1, 0.15) is 5.69 Å². The van der Waals surface area contributed by atoms with Crippen LogP contribution >= 0.6 is 0 Å². The summed E-state index contributed by atoms with van der Waals surface area (Å²) in [6, 6.07) is 5.15. The molecule has 0 radical (unpaired) electrons. The molecule has 2 saturated heterocycles. The number of aryl methyl sites for hydroxylation is 1. The van der Waals surface area contributed by atoms with Crippen LogP contribution in [0.25, 0.3) is 0 Å². The van der Waals surface area contributed by atoms with Crippen molar-refractivity contribution in [3.8, 4) is 6.07 Å². The Balaban J connectivity index is 1.56. The van der Waals surface area contributed by atoms with E-state index >= 15 is 0 Å². The normalized spacial score (nSPS) is 20.2. The molecule has 1 aromatic carbocycles. The van der Waals surface area contributed by atoms with Gasteiger partial charge in [-0.05, 0) is 31.0 Å². The zero-order valence-electron chi connectivity index (χ0n) is 18.0. The predicted molar refractivity (Wildman–Crippen MR) is 112 cm³/mol. The second kappa shape index (κ2) is 8.10. The number of rotatable bonds is 3. The summed E-state index contributed by atoms with van der Waals surface area (Å²) in [6.45, 7) is 1.34. The van der Waals surface area contributed by atoms with E-state index < -0.39 is 34.5 Å². The van der Waals surface area contributed by atoms with E-state index in [1.54, 1.807) is 33.8 Å². The third-order valence-corrected chi connectivity index (χ3v) is 6.87. The molecule has 0 aliphatic carbocycles. The van der Waals surface area contributed by atoms with Gasteiger partial charge in [0.25, 0.3) is 5.91 Å². The van der Waals surface area contributed by atoms with Crippen LogP contribution in [-0.4, -0.2) is 52.4 Å². The highest BCUT2D eigenvalue weighted by Gasteiger charge is 2.51. The third-order valence-electron chi connectivity index (χ3n) is 6.87. The third kappa shape index (κ3) is 4.01. The van der Waals surface area contributed by atoms with Crippen molar-refractivity contribution in [2.75, 3.05) is 31.1 Å². The first kappa shape index (κ1) is 22.6. The van der Waals surface area contributed by atoms with E-state index in [2.05, 4.69) is 4.98 Å². The van der Waals surface area contributed by atoms with Crippen molar-refractivity contribution >= 4 is 17.5 Å². The molecule has 1 spiro atoms. The molecule has 8 nitrogen and oxygen atoms in total. The number of nitrogens with two attached hydrogens (primary N) is 1. The molecular formula is C22H23F3N6O2. The fourth-order valence-corrected chi connectivity index (χ4v) is 5.01. The first-order valence-electron chi connectivity index (χ1n) is 10.5. The lowest BCUT2D eigenvalue weighted by molar-refractivity contribution is -0.137. The van der Waals surface area contributed by atoms with Gasteiger partial charge in [0.05, 0.1) is 35.6 Å². The molecular weight excluding hydrogens is 437 g/mol. The maximum atomic E-state index is 13.4. The molecule has 1 atom stereocenters. The molecule has 1 aromatic heterocycles. The maximum absolute atomic E-state index is 13.4. The van der Waals surface area contributed by atoms with Crippen molar-refractivity contribution in [2.45, 2.75) is 19.0 Å². The second-order valence-electron chi connectivity index (χ2n) is 8.72. The predicted octanol–water partition coefficient (Wildman–Crippen LogP) is 2.15. The number of halogens is 3. The topological polar surface area (TPSA) is 108 Å². The van der Waals surface area contributed by atoms with Gasteiger partial charge >= 0.3 is 6.18 Å². The fourth-order valence-electron chi connectivity index (χ4n) is 5.01. The molecule has 2 aromatic rings. The molecule has 2 aliphatic rings. The summed E-state index contributed by atoms with van der Waals surface area (Å²) in [6.07, 6.45) is -0.617. The number of anilines is 1. The lowest BCUT2D eigenvalue weighted by atomic mass is 9.70. The van der Waals surface area contributed by atoms with E-state index in [0.29, 0.717) is 38.2 Å². The molecule has 2 N–H and O–H groups in total. The Hall–Kier alpha value is -3.55. The average Bonchev–Trinajstić information content (AvgIpc) is 3.36. The zero-order valence-corrected chi connectivity index (χ0v) is 18.0. The van der Waals surface area contributed by atoms with Crippen LogP contribution in [0, 0.1) is 22.7 Å². The van der Waals surface area contributed by atoms with E-state index in [0.717, 1.165) is 12.1 Å². The van der Waals surface area contributed by atoms with Gasteiger partial charge in [0.2, 0.25) is 5.91 Å². The average molecular weight is 460 g/mol. The molecule has 0 bridgehead atoms. The van der Waals surface area contributed by atoms with Crippen molar-refractivity contribution in [1.29, 1.82) is 5.26 Å². The number of imidazole rings is 1. The highest BCUT2D eigenvalue weighted by molar-refractivity contribution is 5.92. The molecule has 174 valence electrons. The Morgan fingerprint density at radius 3 is 2.52 bits per heavy atom. The summed E-state index contributed by atoms with van der Waals surface area (Å²) < 4.78 is 41.9. The standard InChI is InChI=1S/C22H23F3N6O2/c1-29-13-28-10-18(29)20(33)30-6-4-21(5-7-30)12-31(11-17(21)19(27)32)15-3-2-14(9-26)16(8-15)22(23,24)25/h2-3,8,10,13,17H,4-7,11-12H2,1H3,(H2,27,32). The van der Waals surface area contributed by atoms with Crippen LogP contribution in [0.3, 0.4) is 0 Å². The van der Waals surface area contributed by atoms with Crippen molar-refractivity contribution < 1.29 is 22.8 Å². The number of aromatic nitrogens is 2. The van der Waals surface area contributed by atoms with Gasteiger partial charge in [-0.2, -0.15) is 18.4 Å². The summed E-state index contributed by atoms with van der Waals surface area (Å²) in [7, 11) is 1.73. The largest absolute Gasteiger partial charge is 0.417 e. The number of hydrogen-bond donors (Lipinski definition) is 1. The van der Waals surface area contributed by atoms with E-state index in [4.69, 9.17) is 11.0 Å². The van der Waals surface area contributed by atoms with Gasteiger partial charge in [-0.15, -0.1) is 0 Å². The number of benzene rings is 1. The number of primary amides is 1.